The minimum Gasteiger partial charge on any atom is -0.275 e. The maximum atomic E-state index is 12.8. The normalized spacial score (nSPS) is 10.7. The zero-order chi connectivity index (χ0) is 10.9. The maximum absolute atomic E-state index is 12.8. The van der Waals surface area contributed by atoms with Crippen molar-refractivity contribution in [2.45, 2.75) is 6.43 Å². The topological polar surface area (TPSA) is 30.0 Å². The van der Waals surface area contributed by atoms with Crippen LogP contribution in [0.25, 0.3) is 0 Å². The van der Waals surface area contributed by atoms with Gasteiger partial charge in [-0.25, -0.2) is 17.6 Å². The maximum Gasteiger partial charge on any atom is 0.281 e. The summed E-state index contributed by atoms with van der Waals surface area (Å²) in [4.78, 5) is 13.4. The lowest BCUT2D eigenvalue weighted by molar-refractivity contribution is 0.105. The minimum absolute atomic E-state index is 0.264. The third-order valence-electron chi connectivity index (χ3n) is 1.41. The molecule has 0 saturated carbocycles. The fourth-order valence-electron chi connectivity index (χ4n) is 0.832. The van der Waals surface area contributed by atoms with Crippen LogP contribution in [0.3, 0.4) is 0 Å². The Balaban J connectivity index is 3.45. The lowest BCUT2D eigenvalue weighted by Gasteiger charge is -2.04. The smallest absolute Gasteiger partial charge is 0.275 e. The summed E-state index contributed by atoms with van der Waals surface area (Å²) >= 11 is 4.81. The predicted molar refractivity (Wildman–Crippen MR) is 39.3 cm³/mol. The molecule has 0 atom stereocenters. The molecule has 2 nitrogen and oxygen atoms in total. The van der Waals surface area contributed by atoms with Crippen LogP contribution in [0.2, 0.25) is 0 Å². The number of alkyl halides is 2. The van der Waals surface area contributed by atoms with Crippen molar-refractivity contribution >= 4 is 16.8 Å². The molecule has 0 aliphatic heterocycles. The quantitative estimate of drug-likeness (QED) is 0.574. The van der Waals surface area contributed by atoms with Crippen LogP contribution in [-0.4, -0.2) is 10.2 Å². The summed E-state index contributed by atoms with van der Waals surface area (Å²) in [5.41, 5.74) is -2.38. The van der Waals surface area contributed by atoms with E-state index in [0.29, 0.717) is 0 Å². The lowest BCUT2D eigenvalue weighted by atomic mass is 10.2. The molecule has 0 aromatic carbocycles. The first-order valence-electron chi connectivity index (χ1n) is 3.27. The average molecular weight is 228 g/mol. The molecule has 0 N–H and O–H groups in total. The molecule has 14 heavy (non-hydrogen) atoms. The molecular formula is C7H2ClF4NO. The Morgan fingerprint density at radius 3 is 2.43 bits per heavy atom. The SMILES string of the molecule is O=C(Cl)c1c(C(F)F)ncc(F)c1F. The third kappa shape index (κ3) is 1.84. The molecule has 0 unspecified atom stereocenters. The van der Waals surface area contributed by atoms with E-state index in [1.54, 1.807) is 0 Å². The van der Waals surface area contributed by atoms with Crippen LogP contribution in [0.15, 0.2) is 6.20 Å². The van der Waals surface area contributed by atoms with E-state index in [1.807, 2.05) is 0 Å². The molecule has 0 bridgehead atoms. The summed E-state index contributed by atoms with van der Waals surface area (Å²) in [7, 11) is 0. The standard InChI is InChI=1S/C7H2ClF4NO/c8-6(14)3-4(10)2(9)1-13-5(3)7(11)12/h1,7H. The van der Waals surface area contributed by atoms with E-state index in [4.69, 9.17) is 11.6 Å². The van der Waals surface area contributed by atoms with Gasteiger partial charge in [0.05, 0.1) is 6.20 Å². The molecule has 0 spiro atoms. The van der Waals surface area contributed by atoms with Gasteiger partial charge in [0.25, 0.3) is 11.7 Å². The summed E-state index contributed by atoms with van der Waals surface area (Å²) < 4.78 is 49.6. The Hall–Kier alpha value is -1.17. The van der Waals surface area contributed by atoms with Crippen LogP contribution < -0.4 is 0 Å². The molecule has 0 aliphatic carbocycles. The first kappa shape index (κ1) is 10.9. The minimum atomic E-state index is -3.19. The Kier molecular flexibility index (Phi) is 3.05. The molecule has 0 fully saturated rings. The van der Waals surface area contributed by atoms with Crippen LogP contribution in [-0.2, 0) is 0 Å². The highest BCUT2D eigenvalue weighted by Crippen LogP contribution is 2.25. The lowest BCUT2D eigenvalue weighted by Crippen LogP contribution is -2.07. The number of hydrogen-bond donors (Lipinski definition) is 0. The van der Waals surface area contributed by atoms with Gasteiger partial charge in [0.15, 0.2) is 11.6 Å². The second-order valence-electron chi connectivity index (χ2n) is 2.25. The van der Waals surface area contributed by atoms with Crippen molar-refractivity contribution in [2.24, 2.45) is 0 Å². The van der Waals surface area contributed by atoms with Crippen molar-refractivity contribution in [1.82, 2.24) is 4.98 Å². The predicted octanol–water partition coefficient (Wildman–Crippen LogP) is 2.68. The largest absolute Gasteiger partial charge is 0.281 e. The molecular weight excluding hydrogens is 226 g/mol. The van der Waals surface area contributed by atoms with Crippen molar-refractivity contribution in [2.75, 3.05) is 0 Å². The molecule has 0 saturated heterocycles. The summed E-state index contributed by atoms with van der Waals surface area (Å²) in [5, 5.41) is -1.51. The van der Waals surface area contributed by atoms with Gasteiger partial charge in [-0.15, -0.1) is 0 Å². The highest BCUT2D eigenvalue weighted by Gasteiger charge is 2.25. The Morgan fingerprint density at radius 1 is 1.43 bits per heavy atom. The van der Waals surface area contributed by atoms with Crippen molar-refractivity contribution in [3.63, 3.8) is 0 Å². The number of halogens is 5. The zero-order valence-electron chi connectivity index (χ0n) is 6.40. The zero-order valence-corrected chi connectivity index (χ0v) is 7.16. The summed E-state index contributed by atoms with van der Waals surface area (Å²) in [6.07, 6.45) is -2.93. The van der Waals surface area contributed by atoms with Crippen LogP contribution in [0, 0.1) is 11.6 Å². The van der Waals surface area contributed by atoms with Crippen molar-refractivity contribution in [3.05, 3.63) is 29.1 Å². The van der Waals surface area contributed by atoms with E-state index >= 15 is 0 Å². The number of nitrogens with zero attached hydrogens (tertiary/aromatic N) is 1. The van der Waals surface area contributed by atoms with Gasteiger partial charge in [0, 0.05) is 0 Å². The van der Waals surface area contributed by atoms with Gasteiger partial charge >= 0.3 is 0 Å². The molecule has 1 aromatic rings. The molecule has 0 radical (unpaired) electrons. The van der Waals surface area contributed by atoms with E-state index in [1.165, 1.54) is 0 Å². The molecule has 0 aliphatic rings. The fourth-order valence-corrected chi connectivity index (χ4v) is 1.01. The first-order valence-corrected chi connectivity index (χ1v) is 3.64. The molecule has 76 valence electrons. The van der Waals surface area contributed by atoms with Gasteiger partial charge in [-0.05, 0) is 11.6 Å². The van der Waals surface area contributed by atoms with E-state index in [2.05, 4.69) is 4.98 Å². The van der Waals surface area contributed by atoms with Crippen molar-refractivity contribution in [1.29, 1.82) is 0 Å². The number of carbonyl (C=O) groups is 1. The Labute approximate surface area is 80.5 Å². The Morgan fingerprint density at radius 2 is 2.00 bits per heavy atom. The second kappa shape index (κ2) is 3.91. The van der Waals surface area contributed by atoms with E-state index < -0.39 is 34.6 Å². The van der Waals surface area contributed by atoms with Crippen LogP contribution >= 0.6 is 11.6 Å². The van der Waals surface area contributed by atoms with Gasteiger partial charge in [0.2, 0.25) is 0 Å². The van der Waals surface area contributed by atoms with Crippen molar-refractivity contribution in [3.8, 4) is 0 Å². The molecule has 1 aromatic heterocycles. The number of pyridine rings is 1. The molecule has 0 amide bonds. The molecule has 7 heteroatoms. The van der Waals surface area contributed by atoms with Crippen molar-refractivity contribution < 1.29 is 22.4 Å². The van der Waals surface area contributed by atoms with Gasteiger partial charge in [0.1, 0.15) is 11.3 Å². The van der Waals surface area contributed by atoms with E-state index in [0.717, 1.165) is 0 Å². The van der Waals surface area contributed by atoms with Crippen LogP contribution in [0.1, 0.15) is 22.5 Å². The Bertz CT molecular complexity index is 382. The summed E-state index contributed by atoms with van der Waals surface area (Å²) in [6, 6.07) is 0. The number of hydrogen-bond acceptors (Lipinski definition) is 2. The summed E-state index contributed by atoms with van der Waals surface area (Å²) in [5.74, 6) is -3.21. The highest BCUT2D eigenvalue weighted by atomic mass is 35.5. The summed E-state index contributed by atoms with van der Waals surface area (Å²) in [6.45, 7) is 0. The number of aromatic nitrogens is 1. The van der Waals surface area contributed by atoms with Gasteiger partial charge in [-0.2, -0.15) is 0 Å². The van der Waals surface area contributed by atoms with Gasteiger partial charge < -0.3 is 0 Å². The fraction of sp³-hybridized carbons (Fsp3) is 0.143. The van der Waals surface area contributed by atoms with Gasteiger partial charge in [-0.1, -0.05) is 0 Å². The van der Waals surface area contributed by atoms with Gasteiger partial charge in [-0.3, -0.25) is 9.78 Å². The monoisotopic (exact) mass is 227 g/mol. The van der Waals surface area contributed by atoms with Crippen LogP contribution in [0.5, 0.6) is 0 Å². The average Bonchev–Trinajstić information content (AvgIpc) is 2.08. The third-order valence-corrected chi connectivity index (χ3v) is 1.59. The first-order chi connectivity index (χ1) is 6.45. The van der Waals surface area contributed by atoms with E-state index in [-0.39, 0.29) is 6.20 Å². The number of carbonyl (C=O) groups excluding carboxylic acids is 1. The number of rotatable bonds is 2. The second-order valence-corrected chi connectivity index (χ2v) is 2.60. The van der Waals surface area contributed by atoms with E-state index in [9.17, 15) is 22.4 Å². The van der Waals surface area contributed by atoms with Crippen LogP contribution in [0.4, 0.5) is 17.6 Å². The molecule has 1 rings (SSSR count). The highest BCUT2D eigenvalue weighted by molar-refractivity contribution is 6.67. The molecule has 1 heterocycles.